The molecular weight excluding hydrogens is 330 g/mol. The third-order valence-corrected chi connectivity index (χ3v) is 4.12. The molecule has 0 bridgehead atoms. The van der Waals surface area contributed by atoms with Crippen LogP contribution in [0.1, 0.15) is 30.8 Å². The fourth-order valence-corrected chi connectivity index (χ4v) is 2.67. The van der Waals surface area contributed by atoms with Gasteiger partial charge in [-0.25, -0.2) is 4.99 Å². The van der Waals surface area contributed by atoms with E-state index in [9.17, 15) is 0 Å². The first kappa shape index (κ1) is 19.6. The first-order chi connectivity index (χ1) is 12.5. The molecule has 0 amide bonds. The van der Waals surface area contributed by atoms with Crippen LogP contribution in [0.25, 0.3) is 0 Å². The summed E-state index contributed by atoms with van der Waals surface area (Å²) in [4.78, 5) is 4.70. The van der Waals surface area contributed by atoms with Gasteiger partial charge in [0.05, 0.1) is 26.0 Å². The molecule has 0 saturated carbocycles. The summed E-state index contributed by atoms with van der Waals surface area (Å²) >= 11 is 0. The molecule has 2 N–H and O–H groups in total. The largest absolute Gasteiger partial charge is 0.493 e. The Hall–Kier alpha value is -2.70. The highest BCUT2D eigenvalue weighted by molar-refractivity contribution is 5.93. The number of aryl methyl sites for hydroxylation is 2. The van der Waals surface area contributed by atoms with Gasteiger partial charge in [-0.2, -0.15) is 5.10 Å². The number of aliphatic imine (C=N–C) groups is 1. The quantitative estimate of drug-likeness (QED) is 0.587. The lowest BCUT2D eigenvalue weighted by Crippen LogP contribution is -2.30. The number of nitrogens with zero attached hydrogens (tertiary/aromatic N) is 3. The van der Waals surface area contributed by atoms with Gasteiger partial charge in [0.1, 0.15) is 0 Å². The standard InChI is InChI=1S/C19H29N5O2/c1-7-20-19(21-12-16-13(3)23-24(5)14(16)4)22-15-9-10-17(25-6)18(11-15)26-8-2/h9-11H,7-8,12H2,1-6H3,(H2,20,21,22). The predicted molar refractivity (Wildman–Crippen MR) is 105 cm³/mol. The van der Waals surface area contributed by atoms with Gasteiger partial charge in [-0.3, -0.25) is 4.68 Å². The number of hydrogen-bond donors (Lipinski definition) is 2. The zero-order valence-corrected chi connectivity index (χ0v) is 16.5. The highest BCUT2D eigenvalue weighted by Crippen LogP contribution is 2.30. The van der Waals surface area contributed by atoms with E-state index in [0.29, 0.717) is 30.6 Å². The summed E-state index contributed by atoms with van der Waals surface area (Å²) in [6.45, 7) is 9.97. The van der Waals surface area contributed by atoms with E-state index in [4.69, 9.17) is 14.5 Å². The minimum atomic E-state index is 0.565. The lowest BCUT2D eigenvalue weighted by Gasteiger charge is -2.14. The highest BCUT2D eigenvalue weighted by atomic mass is 16.5. The van der Waals surface area contributed by atoms with Crippen molar-refractivity contribution in [2.45, 2.75) is 34.2 Å². The third-order valence-electron chi connectivity index (χ3n) is 4.12. The highest BCUT2D eigenvalue weighted by Gasteiger charge is 2.10. The van der Waals surface area contributed by atoms with Crippen molar-refractivity contribution in [2.24, 2.45) is 12.0 Å². The van der Waals surface area contributed by atoms with E-state index in [0.717, 1.165) is 29.2 Å². The molecule has 7 heteroatoms. The molecule has 0 atom stereocenters. The molecule has 7 nitrogen and oxygen atoms in total. The van der Waals surface area contributed by atoms with Gasteiger partial charge in [-0.15, -0.1) is 0 Å². The van der Waals surface area contributed by atoms with Gasteiger partial charge in [-0.05, 0) is 39.8 Å². The summed E-state index contributed by atoms with van der Waals surface area (Å²) in [6.07, 6.45) is 0. The smallest absolute Gasteiger partial charge is 0.196 e. The molecule has 0 saturated heterocycles. The minimum absolute atomic E-state index is 0.565. The Labute approximate surface area is 155 Å². The molecular formula is C19H29N5O2. The number of anilines is 1. The number of nitrogens with one attached hydrogen (secondary N) is 2. The lowest BCUT2D eigenvalue weighted by molar-refractivity contribution is 0.311. The fraction of sp³-hybridized carbons (Fsp3) is 0.474. The Morgan fingerprint density at radius 1 is 1.23 bits per heavy atom. The molecule has 1 aromatic heterocycles. The maximum absolute atomic E-state index is 5.64. The van der Waals surface area contributed by atoms with Crippen LogP contribution >= 0.6 is 0 Å². The summed E-state index contributed by atoms with van der Waals surface area (Å²) in [7, 11) is 3.58. The van der Waals surface area contributed by atoms with Crippen LogP contribution < -0.4 is 20.1 Å². The Bertz CT molecular complexity index is 768. The van der Waals surface area contributed by atoms with Gasteiger partial charge in [0.2, 0.25) is 0 Å². The average Bonchev–Trinajstić information content (AvgIpc) is 2.86. The summed E-state index contributed by atoms with van der Waals surface area (Å²) in [5, 5.41) is 11.0. The minimum Gasteiger partial charge on any atom is -0.493 e. The van der Waals surface area contributed by atoms with Gasteiger partial charge in [0.15, 0.2) is 17.5 Å². The molecule has 0 unspecified atom stereocenters. The molecule has 142 valence electrons. The van der Waals surface area contributed by atoms with Crippen LogP contribution in [0.5, 0.6) is 11.5 Å². The number of guanidine groups is 1. The first-order valence-corrected chi connectivity index (χ1v) is 8.85. The van der Waals surface area contributed by atoms with Crippen molar-refractivity contribution in [2.75, 3.05) is 25.6 Å². The number of ether oxygens (including phenoxy) is 2. The van der Waals surface area contributed by atoms with Crippen LogP contribution in [0, 0.1) is 13.8 Å². The summed E-state index contributed by atoms with van der Waals surface area (Å²) in [5.41, 5.74) is 4.17. The lowest BCUT2D eigenvalue weighted by atomic mass is 10.2. The van der Waals surface area contributed by atoms with E-state index in [1.54, 1.807) is 7.11 Å². The Kier molecular flexibility index (Phi) is 6.89. The molecule has 0 spiro atoms. The van der Waals surface area contributed by atoms with E-state index >= 15 is 0 Å². The van der Waals surface area contributed by atoms with Gasteiger partial charge in [0.25, 0.3) is 0 Å². The van der Waals surface area contributed by atoms with Crippen molar-refractivity contribution < 1.29 is 9.47 Å². The zero-order chi connectivity index (χ0) is 19.1. The maximum Gasteiger partial charge on any atom is 0.196 e. The van der Waals surface area contributed by atoms with Crippen molar-refractivity contribution in [1.29, 1.82) is 0 Å². The summed E-state index contributed by atoms with van der Waals surface area (Å²) in [5.74, 6) is 2.12. The fourth-order valence-electron chi connectivity index (χ4n) is 2.67. The van der Waals surface area contributed by atoms with Crippen molar-refractivity contribution in [3.63, 3.8) is 0 Å². The van der Waals surface area contributed by atoms with Crippen molar-refractivity contribution >= 4 is 11.6 Å². The zero-order valence-electron chi connectivity index (χ0n) is 16.5. The second kappa shape index (κ2) is 9.12. The molecule has 0 fully saturated rings. The van der Waals surface area contributed by atoms with E-state index in [-0.39, 0.29) is 0 Å². The van der Waals surface area contributed by atoms with E-state index in [1.165, 1.54) is 0 Å². The van der Waals surface area contributed by atoms with E-state index < -0.39 is 0 Å². The second-order valence-electron chi connectivity index (χ2n) is 5.89. The van der Waals surface area contributed by atoms with Gasteiger partial charge < -0.3 is 20.1 Å². The van der Waals surface area contributed by atoms with Gasteiger partial charge in [0, 0.05) is 36.6 Å². The molecule has 1 aromatic carbocycles. The number of benzene rings is 1. The van der Waals surface area contributed by atoms with Crippen LogP contribution in [-0.4, -0.2) is 36.0 Å². The number of aromatic nitrogens is 2. The van der Waals surface area contributed by atoms with Crippen LogP contribution in [0.3, 0.4) is 0 Å². The SMILES string of the molecule is CCNC(=NCc1c(C)nn(C)c1C)Nc1ccc(OC)c(OCC)c1. The second-order valence-corrected chi connectivity index (χ2v) is 5.89. The molecule has 2 aromatic rings. The van der Waals surface area contributed by atoms with Crippen LogP contribution in [0.4, 0.5) is 5.69 Å². The number of rotatable bonds is 7. The molecule has 0 aliphatic heterocycles. The normalized spacial score (nSPS) is 11.4. The molecule has 0 aliphatic rings. The molecule has 1 heterocycles. The van der Waals surface area contributed by atoms with Crippen LogP contribution in [-0.2, 0) is 13.6 Å². The Balaban J connectivity index is 2.20. The topological polar surface area (TPSA) is 72.7 Å². The monoisotopic (exact) mass is 359 g/mol. The van der Waals surface area contributed by atoms with Crippen molar-refractivity contribution in [3.05, 3.63) is 35.2 Å². The van der Waals surface area contributed by atoms with Gasteiger partial charge in [-0.1, -0.05) is 0 Å². The number of hydrogen-bond acceptors (Lipinski definition) is 4. The maximum atomic E-state index is 5.64. The van der Waals surface area contributed by atoms with E-state index in [2.05, 4.69) is 22.7 Å². The van der Waals surface area contributed by atoms with E-state index in [1.807, 2.05) is 50.7 Å². The van der Waals surface area contributed by atoms with Crippen LogP contribution in [0.15, 0.2) is 23.2 Å². The molecule has 26 heavy (non-hydrogen) atoms. The van der Waals surface area contributed by atoms with Crippen LogP contribution in [0.2, 0.25) is 0 Å². The Morgan fingerprint density at radius 3 is 2.58 bits per heavy atom. The van der Waals surface area contributed by atoms with Crippen molar-refractivity contribution in [3.8, 4) is 11.5 Å². The number of methoxy groups -OCH3 is 1. The first-order valence-electron chi connectivity index (χ1n) is 8.85. The van der Waals surface area contributed by atoms with Gasteiger partial charge >= 0.3 is 0 Å². The summed E-state index contributed by atoms with van der Waals surface area (Å²) in [6, 6.07) is 5.73. The predicted octanol–water partition coefficient (Wildman–Crippen LogP) is 3.02. The molecule has 0 radical (unpaired) electrons. The average molecular weight is 359 g/mol. The summed E-state index contributed by atoms with van der Waals surface area (Å²) < 4.78 is 12.9. The molecule has 0 aliphatic carbocycles. The Morgan fingerprint density at radius 2 is 2.00 bits per heavy atom. The van der Waals surface area contributed by atoms with Crippen molar-refractivity contribution in [1.82, 2.24) is 15.1 Å². The molecule has 2 rings (SSSR count). The third kappa shape index (κ3) is 4.68.